The minimum absolute atomic E-state index is 0. The van der Waals surface area contributed by atoms with Crippen LogP contribution in [-0.4, -0.2) is 123 Å². The van der Waals surface area contributed by atoms with Gasteiger partial charge in [-0.1, -0.05) is 0 Å². The van der Waals surface area contributed by atoms with Crippen molar-refractivity contribution in [2.75, 3.05) is 26.2 Å². The number of carbonyl (C=O) groups excluding carboxylic acids is 5. The average Bonchev–Trinajstić information content (AvgIpc) is 3.15. The van der Waals surface area contributed by atoms with Crippen LogP contribution in [-0.2, 0) is 29.5 Å². The van der Waals surface area contributed by atoms with Gasteiger partial charge >= 0.3 is 57.7 Å². The van der Waals surface area contributed by atoms with Gasteiger partial charge in [-0.3, -0.25) is 28.6 Å². The molecule has 6 amide bonds. The summed E-state index contributed by atoms with van der Waals surface area (Å²) in [6, 6.07) is -3.66. The fourth-order valence-electron chi connectivity index (χ4n) is 3.12. The third-order valence-electron chi connectivity index (χ3n) is 4.89. The van der Waals surface area contributed by atoms with E-state index >= 15 is 0 Å². The average molecular weight is 513 g/mol. The van der Waals surface area contributed by atoms with E-state index in [0.29, 0.717) is 16.5 Å². The number of carbonyl (C=O) groups is 5. The van der Waals surface area contributed by atoms with Gasteiger partial charge in [0, 0.05) is 25.0 Å². The summed E-state index contributed by atoms with van der Waals surface area (Å²) >= 11 is 1.19. The zero-order valence-electron chi connectivity index (χ0n) is 17.0. The third-order valence-corrected chi connectivity index (χ3v) is 6.56. The predicted octanol–water partition coefficient (Wildman–Crippen LogP) is -2.63. The second-order valence-electron chi connectivity index (χ2n) is 6.92. The predicted molar refractivity (Wildman–Crippen MR) is 114 cm³/mol. The van der Waals surface area contributed by atoms with Crippen molar-refractivity contribution in [3.05, 3.63) is 16.1 Å². The number of likely N-dealkylation sites (N-methyl/N-ethyl adjacent to an activating group) is 1. The summed E-state index contributed by atoms with van der Waals surface area (Å²) in [5, 5.41) is 6.70. The fourth-order valence-corrected chi connectivity index (χ4v) is 4.45. The van der Waals surface area contributed by atoms with Crippen molar-refractivity contribution in [3.63, 3.8) is 0 Å². The van der Waals surface area contributed by atoms with Crippen LogP contribution in [0.3, 0.4) is 0 Å². The molecule has 0 aromatic carbocycles. The Balaban J connectivity index is 0.00000385. The molecular weight excluding hydrogens is 491 g/mol. The fraction of sp³-hybridized carbons (Fsp3) is 0.500. The van der Waals surface area contributed by atoms with Gasteiger partial charge in [0.2, 0.25) is 5.91 Å². The van der Waals surface area contributed by atoms with E-state index in [1.807, 2.05) is 0 Å². The van der Waals surface area contributed by atoms with Gasteiger partial charge in [0.1, 0.15) is 6.04 Å². The van der Waals surface area contributed by atoms with E-state index < -0.39 is 58.6 Å². The van der Waals surface area contributed by atoms with Gasteiger partial charge in [-0.2, -0.15) is 8.42 Å². The van der Waals surface area contributed by atoms with Crippen LogP contribution in [0.2, 0.25) is 0 Å². The van der Waals surface area contributed by atoms with Crippen LogP contribution in [0, 0.1) is 6.92 Å². The van der Waals surface area contributed by atoms with Crippen molar-refractivity contribution in [2.45, 2.75) is 25.9 Å². The second-order valence-corrected chi connectivity index (χ2v) is 9.32. The summed E-state index contributed by atoms with van der Waals surface area (Å²) in [6.45, 7) is 3.25. The van der Waals surface area contributed by atoms with Crippen LogP contribution in [0.5, 0.6) is 0 Å². The molecule has 2 saturated heterocycles. The molecule has 0 saturated carbocycles. The summed E-state index contributed by atoms with van der Waals surface area (Å²) in [5.41, 5.74) is 0.128. The van der Waals surface area contributed by atoms with E-state index in [-0.39, 0.29) is 52.6 Å². The first kappa shape index (κ1) is 27.1. The standard InChI is InChI=1S/C16H20N6O8S2.Na.H/c1-3-20-4-5-21(15(26)14(20)25)16(27)19-11(10-7-31-8(2)17-10)12(23)18-9-6-22(13(9)24)32(28,29)30;;/h7,9,11H,3-6H2,1-2H3,(H,18,23)(H,19,27)(H,28,29,30);;. The van der Waals surface area contributed by atoms with Crippen molar-refractivity contribution >= 4 is 80.9 Å². The third kappa shape index (κ3) is 5.70. The second kappa shape index (κ2) is 10.4. The van der Waals surface area contributed by atoms with Gasteiger partial charge in [0.05, 0.1) is 17.2 Å². The van der Waals surface area contributed by atoms with Crippen molar-refractivity contribution in [1.29, 1.82) is 0 Å². The number of nitrogens with zero attached hydrogens (tertiary/aromatic N) is 4. The zero-order chi connectivity index (χ0) is 23.8. The van der Waals surface area contributed by atoms with E-state index in [1.54, 1.807) is 13.8 Å². The van der Waals surface area contributed by atoms with Crippen LogP contribution in [0.4, 0.5) is 4.79 Å². The van der Waals surface area contributed by atoms with Crippen LogP contribution in [0.25, 0.3) is 0 Å². The number of aromatic nitrogens is 1. The number of amides is 6. The van der Waals surface area contributed by atoms with E-state index in [9.17, 15) is 32.4 Å². The molecule has 1 aromatic heterocycles. The molecule has 2 fully saturated rings. The van der Waals surface area contributed by atoms with Crippen LogP contribution < -0.4 is 10.6 Å². The Kier molecular flexibility index (Phi) is 8.58. The van der Waals surface area contributed by atoms with Crippen LogP contribution in [0.15, 0.2) is 5.38 Å². The number of aryl methyl sites for hydroxylation is 1. The van der Waals surface area contributed by atoms with Crippen molar-refractivity contribution in [2.24, 2.45) is 0 Å². The summed E-state index contributed by atoms with van der Waals surface area (Å²) in [6.07, 6.45) is 0. The van der Waals surface area contributed by atoms with Crippen molar-refractivity contribution in [3.8, 4) is 0 Å². The number of hydrogen-bond acceptors (Lipinski definition) is 9. The monoisotopic (exact) mass is 512 g/mol. The van der Waals surface area contributed by atoms with E-state index in [0.717, 1.165) is 0 Å². The SMILES string of the molecule is CCN1CCN(C(=O)NC(C(=O)NC2CN(S(=O)(=O)O)C2=O)c2csc(C)n2)C(=O)C1=O.[NaH]. The van der Waals surface area contributed by atoms with E-state index in [1.165, 1.54) is 21.6 Å². The molecule has 2 atom stereocenters. The molecule has 0 radical (unpaired) electrons. The molecule has 17 heteroatoms. The number of hydrogen-bond donors (Lipinski definition) is 3. The molecular formula is C16H21N6NaO8S2. The molecule has 1 aromatic rings. The number of imide groups is 1. The maximum atomic E-state index is 12.8. The van der Waals surface area contributed by atoms with Crippen LogP contribution in [0.1, 0.15) is 23.7 Å². The molecule has 2 aliphatic heterocycles. The Morgan fingerprint density at radius 2 is 1.94 bits per heavy atom. The Morgan fingerprint density at radius 3 is 2.45 bits per heavy atom. The molecule has 3 N–H and O–H groups in total. The minimum atomic E-state index is -4.73. The Hall–Kier alpha value is -2.11. The normalized spacial score (nSPS) is 19.5. The molecule has 0 bridgehead atoms. The maximum absolute atomic E-state index is 12.8. The zero-order valence-corrected chi connectivity index (χ0v) is 18.6. The Labute approximate surface area is 214 Å². The molecule has 33 heavy (non-hydrogen) atoms. The molecule has 3 rings (SSSR count). The quantitative estimate of drug-likeness (QED) is 0.159. The first-order chi connectivity index (χ1) is 14.9. The molecule has 0 aliphatic carbocycles. The summed E-state index contributed by atoms with van der Waals surface area (Å²) < 4.78 is 31.2. The first-order valence-electron chi connectivity index (χ1n) is 9.36. The van der Waals surface area contributed by atoms with Crippen molar-refractivity contribution < 1.29 is 36.9 Å². The van der Waals surface area contributed by atoms with Gasteiger partial charge in [-0.05, 0) is 13.8 Å². The molecule has 2 aliphatic rings. The van der Waals surface area contributed by atoms with Gasteiger partial charge < -0.3 is 15.5 Å². The van der Waals surface area contributed by atoms with E-state index in [2.05, 4.69) is 15.6 Å². The summed E-state index contributed by atoms with van der Waals surface area (Å²) in [5.74, 6) is -3.81. The summed E-state index contributed by atoms with van der Waals surface area (Å²) in [4.78, 5) is 67.8. The van der Waals surface area contributed by atoms with E-state index in [4.69, 9.17) is 4.55 Å². The topological polar surface area (TPSA) is 186 Å². The molecule has 0 spiro atoms. The Morgan fingerprint density at radius 1 is 1.27 bits per heavy atom. The van der Waals surface area contributed by atoms with Gasteiger partial charge in [0.25, 0.3) is 5.91 Å². The number of nitrogens with one attached hydrogen (secondary N) is 2. The molecule has 14 nitrogen and oxygen atoms in total. The first-order valence-corrected chi connectivity index (χ1v) is 11.6. The van der Waals surface area contributed by atoms with Crippen molar-refractivity contribution in [1.82, 2.24) is 29.7 Å². The number of rotatable bonds is 6. The van der Waals surface area contributed by atoms with Crippen LogP contribution >= 0.6 is 11.3 Å². The number of piperazine rings is 1. The molecule has 176 valence electrons. The molecule has 2 unspecified atom stereocenters. The Bertz CT molecular complexity index is 1090. The summed E-state index contributed by atoms with van der Waals surface area (Å²) in [7, 11) is -4.73. The van der Waals surface area contributed by atoms with Gasteiger partial charge in [-0.15, -0.1) is 11.3 Å². The van der Waals surface area contributed by atoms with Gasteiger partial charge in [0.15, 0.2) is 6.04 Å². The number of thiazole rings is 1. The van der Waals surface area contributed by atoms with Gasteiger partial charge in [-0.25, -0.2) is 14.1 Å². The number of urea groups is 1. The number of β-lactam (4-membered cyclic amide) rings is 1. The molecule has 3 heterocycles.